The maximum absolute atomic E-state index is 12.0. The lowest BCUT2D eigenvalue weighted by Crippen LogP contribution is -2.24. The number of rotatable bonds is 1. The molecule has 0 amide bonds. The SMILES string of the molecule is O=C(O)c1cn2c(cc1=O)-c1c3ccccc3nn1CC2. The number of carboxylic acids is 1. The molecule has 4 rings (SSSR count). The van der Waals surface area contributed by atoms with Gasteiger partial charge in [-0.15, -0.1) is 0 Å². The van der Waals surface area contributed by atoms with Crippen LogP contribution in [0.5, 0.6) is 0 Å². The van der Waals surface area contributed by atoms with Gasteiger partial charge in [0.15, 0.2) is 5.43 Å². The van der Waals surface area contributed by atoms with Crippen molar-refractivity contribution < 1.29 is 9.90 Å². The molecule has 1 aliphatic heterocycles. The molecule has 6 heteroatoms. The molecule has 0 fully saturated rings. The number of benzene rings is 1. The Morgan fingerprint density at radius 1 is 1.24 bits per heavy atom. The number of carbonyl (C=O) groups is 1. The number of aryl methyl sites for hydroxylation is 2. The molecule has 0 atom stereocenters. The Labute approximate surface area is 118 Å². The minimum absolute atomic E-state index is 0.198. The van der Waals surface area contributed by atoms with E-state index in [0.29, 0.717) is 18.8 Å². The number of aromatic nitrogens is 3. The van der Waals surface area contributed by atoms with Gasteiger partial charge < -0.3 is 9.67 Å². The van der Waals surface area contributed by atoms with Gasteiger partial charge in [-0.25, -0.2) is 4.79 Å². The molecule has 1 N–H and O–H groups in total. The number of nitrogens with zero attached hydrogens (tertiary/aromatic N) is 3. The summed E-state index contributed by atoms with van der Waals surface area (Å²) in [6.45, 7) is 1.25. The van der Waals surface area contributed by atoms with Crippen molar-refractivity contribution in [3.05, 3.63) is 52.3 Å². The first-order valence-electron chi connectivity index (χ1n) is 6.59. The van der Waals surface area contributed by atoms with Crippen LogP contribution in [-0.2, 0) is 13.1 Å². The van der Waals surface area contributed by atoms with Gasteiger partial charge in [-0.1, -0.05) is 18.2 Å². The molecule has 21 heavy (non-hydrogen) atoms. The fraction of sp³-hybridized carbons (Fsp3) is 0.133. The fourth-order valence-electron chi connectivity index (χ4n) is 2.84. The minimum Gasteiger partial charge on any atom is -0.477 e. The molecule has 0 radical (unpaired) electrons. The molecule has 104 valence electrons. The summed E-state index contributed by atoms with van der Waals surface area (Å²) in [4.78, 5) is 23.1. The second-order valence-corrected chi connectivity index (χ2v) is 5.02. The molecule has 0 aliphatic carbocycles. The van der Waals surface area contributed by atoms with E-state index in [9.17, 15) is 9.59 Å². The van der Waals surface area contributed by atoms with Crippen LogP contribution in [0, 0.1) is 0 Å². The predicted octanol–water partition coefficient (Wildman–Crippen LogP) is 1.58. The largest absolute Gasteiger partial charge is 0.477 e. The van der Waals surface area contributed by atoms with E-state index in [2.05, 4.69) is 5.10 Å². The van der Waals surface area contributed by atoms with Crippen LogP contribution in [0.2, 0.25) is 0 Å². The van der Waals surface area contributed by atoms with Gasteiger partial charge in [-0.3, -0.25) is 9.48 Å². The van der Waals surface area contributed by atoms with Crippen molar-refractivity contribution in [3.8, 4) is 11.4 Å². The van der Waals surface area contributed by atoms with Gasteiger partial charge in [0.05, 0.1) is 23.4 Å². The van der Waals surface area contributed by atoms with E-state index in [4.69, 9.17) is 5.11 Å². The minimum atomic E-state index is -1.20. The van der Waals surface area contributed by atoms with Crippen molar-refractivity contribution in [1.29, 1.82) is 0 Å². The third kappa shape index (κ3) is 1.62. The lowest BCUT2D eigenvalue weighted by atomic mass is 10.1. The maximum atomic E-state index is 12.0. The van der Waals surface area contributed by atoms with Crippen LogP contribution >= 0.6 is 0 Å². The number of hydrogen-bond donors (Lipinski definition) is 1. The summed E-state index contributed by atoms with van der Waals surface area (Å²) in [5, 5.41) is 14.6. The summed E-state index contributed by atoms with van der Waals surface area (Å²) in [6.07, 6.45) is 1.42. The van der Waals surface area contributed by atoms with Crippen molar-refractivity contribution in [2.75, 3.05) is 0 Å². The summed E-state index contributed by atoms with van der Waals surface area (Å²) in [5.41, 5.74) is 1.77. The highest BCUT2D eigenvalue weighted by molar-refractivity contribution is 5.93. The van der Waals surface area contributed by atoms with Crippen LogP contribution in [0.1, 0.15) is 10.4 Å². The summed E-state index contributed by atoms with van der Waals surface area (Å²) < 4.78 is 3.69. The Bertz CT molecular complexity index is 952. The van der Waals surface area contributed by atoms with Crippen LogP contribution < -0.4 is 5.43 Å². The molecule has 0 saturated heterocycles. The Morgan fingerprint density at radius 3 is 2.86 bits per heavy atom. The third-order valence-corrected chi connectivity index (χ3v) is 3.80. The monoisotopic (exact) mass is 281 g/mol. The Balaban J connectivity index is 2.06. The topological polar surface area (TPSA) is 77.1 Å². The second-order valence-electron chi connectivity index (χ2n) is 5.02. The van der Waals surface area contributed by atoms with Crippen LogP contribution in [0.25, 0.3) is 22.3 Å². The maximum Gasteiger partial charge on any atom is 0.341 e. The molecule has 1 aromatic carbocycles. The molecule has 0 unspecified atom stereocenters. The van der Waals surface area contributed by atoms with Crippen molar-refractivity contribution >= 4 is 16.9 Å². The molecular weight excluding hydrogens is 270 g/mol. The highest BCUT2D eigenvalue weighted by Gasteiger charge is 2.22. The summed E-state index contributed by atoms with van der Waals surface area (Å²) >= 11 is 0. The lowest BCUT2D eigenvalue weighted by Gasteiger charge is -2.21. The Hall–Kier alpha value is -2.89. The third-order valence-electron chi connectivity index (χ3n) is 3.80. The molecule has 0 saturated carbocycles. The molecule has 3 heterocycles. The quantitative estimate of drug-likeness (QED) is 0.734. The van der Waals surface area contributed by atoms with E-state index < -0.39 is 11.4 Å². The van der Waals surface area contributed by atoms with Crippen LogP contribution in [0.4, 0.5) is 0 Å². The number of fused-ring (bicyclic) bond motifs is 5. The van der Waals surface area contributed by atoms with Gasteiger partial charge in [0, 0.05) is 24.2 Å². The molecule has 2 aromatic heterocycles. The first kappa shape index (κ1) is 11.9. The molecule has 0 spiro atoms. The number of carboxylic acid groups (broad SMARTS) is 1. The summed E-state index contributed by atoms with van der Waals surface area (Å²) in [5.74, 6) is -1.20. The number of pyridine rings is 1. The van der Waals surface area contributed by atoms with Crippen molar-refractivity contribution in [3.63, 3.8) is 0 Å². The summed E-state index contributed by atoms with van der Waals surface area (Å²) in [6, 6.07) is 9.12. The van der Waals surface area contributed by atoms with E-state index in [-0.39, 0.29) is 5.56 Å². The van der Waals surface area contributed by atoms with Crippen molar-refractivity contribution in [1.82, 2.24) is 14.3 Å². The standard InChI is InChI=1S/C15H11N3O3/c19-13-7-12-14-9-3-1-2-4-11(9)16-18(14)6-5-17(12)8-10(13)15(20)21/h1-4,7-8H,5-6H2,(H,20,21). The number of hydrogen-bond acceptors (Lipinski definition) is 3. The Kier molecular flexibility index (Phi) is 2.29. The highest BCUT2D eigenvalue weighted by atomic mass is 16.4. The molecular formula is C15H11N3O3. The average molecular weight is 281 g/mol. The van der Waals surface area contributed by atoms with Crippen LogP contribution in [0.15, 0.2) is 41.3 Å². The van der Waals surface area contributed by atoms with E-state index in [1.54, 1.807) is 0 Å². The zero-order valence-electron chi connectivity index (χ0n) is 11.0. The van der Waals surface area contributed by atoms with Gasteiger partial charge in [-0.05, 0) is 6.07 Å². The lowest BCUT2D eigenvalue weighted by molar-refractivity contribution is 0.0694. The zero-order valence-corrected chi connectivity index (χ0v) is 11.0. The Morgan fingerprint density at radius 2 is 2.05 bits per heavy atom. The van der Waals surface area contributed by atoms with Gasteiger partial charge in [0.25, 0.3) is 0 Å². The van der Waals surface area contributed by atoms with E-state index >= 15 is 0 Å². The van der Waals surface area contributed by atoms with Gasteiger partial charge >= 0.3 is 5.97 Å². The molecule has 3 aromatic rings. The van der Waals surface area contributed by atoms with E-state index in [0.717, 1.165) is 16.6 Å². The van der Waals surface area contributed by atoms with Crippen LogP contribution in [-0.4, -0.2) is 25.4 Å². The smallest absolute Gasteiger partial charge is 0.341 e. The van der Waals surface area contributed by atoms with Gasteiger partial charge in [0.2, 0.25) is 0 Å². The number of aromatic carboxylic acids is 1. The van der Waals surface area contributed by atoms with Crippen molar-refractivity contribution in [2.24, 2.45) is 0 Å². The normalized spacial score (nSPS) is 13.0. The predicted molar refractivity (Wildman–Crippen MR) is 76.4 cm³/mol. The highest BCUT2D eigenvalue weighted by Crippen LogP contribution is 2.30. The average Bonchev–Trinajstić information content (AvgIpc) is 2.85. The van der Waals surface area contributed by atoms with Gasteiger partial charge in [0.1, 0.15) is 5.56 Å². The van der Waals surface area contributed by atoms with Crippen molar-refractivity contribution in [2.45, 2.75) is 13.1 Å². The molecule has 6 nitrogen and oxygen atoms in total. The van der Waals surface area contributed by atoms with E-state index in [1.807, 2.05) is 33.5 Å². The molecule has 1 aliphatic rings. The molecule has 0 bridgehead atoms. The second kappa shape index (κ2) is 4.05. The van der Waals surface area contributed by atoms with Gasteiger partial charge in [-0.2, -0.15) is 5.10 Å². The zero-order chi connectivity index (χ0) is 14.6. The van der Waals surface area contributed by atoms with Crippen LogP contribution in [0.3, 0.4) is 0 Å². The summed E-state index contributed by atoms with van der Waals surface area (Å²) in [7, 11) is 0. The van der Waals surface area contributed by atoms with E-state index in [1.165, 1.54) is 12.3 Å². The fourth-order valence-corrected chi connectivity index (χ4v) is 2.84. The first-order valence-corrected chi connectivity index (χ1v) is 6.59. The first-order chi connectivity index (χ1) is 10.1.